The van der Waals surface area contributed by atoms with Crippen molar-refractivity contribution in [1.82, 2.24) is 4.98 Å². The van der Waals surface area contributed by atoms with Gasteiger partial charge in [0.25, 0.3) is 0 Å². The highest BCUT2D eigenvalue weighted by Crippen LogP contribution is 2.16. The monoisotopic (exact) mass is 241 g/mol. The number of carboxylic acid groups (broad SMARTS) is 1. The number of nitrogens with zero attached hydrogens (tertiary/aromatic N) is 1. The van der Waals surface area contributed by atoms with Crippen molar-refractivity contribution in [1.29, 1.82) is 0 Å². The zero-order chi connectivity index (χ0) is 12.1. The molecule has 0 bridgehead atoms. The third kappa shape index (κ3) is 3.06. The number of rotatable bonds is 3. The van der Waals surface area contributed by atoms with E-state index < -0.39 is 11.9 Å². The molecule has 6 heteroatoms. The number of carboxylic acids is 1. The quantitative estimate of drug-likeness (QED) is 0.494. The highest BCUT2D eigenvalue weighted by Gasteiger charge is 2.06. The number of carbonyl (C=O) groups excluding carboxylic acids is 1. The molecule has 0 aromatic carbocycles. The Balaban J connectivity index is 3.03. The summed E-state index contributed by atoms with van der Waals surface area (Å²) in [5, 5.41) is 8.84. The smallest absolute Gasteiger partial charge is 0.337 e. The van der Waals surface area contributed by atoms with E-state index in [-0.39, 0.29) is 10.7 Å². The number of aromatic carboxylic acids is 1. The summed E-state index contributed by atoms with van der Waals surface area (Å²) in [5.41, 5.74) is 0.334. The van der Waals surface area contributed by atoms with E-state index >= 15 is 0 Å². The second-order valence-electron chi connectivity index (χ2n) is 2.77. The first-order valence-electron chi connectivity index (χ1n) is 4.19. The van der Waals surface area contributed by atoms with E-state index in [1.807, 2.05) is 0 Å². The topological polar surface area (TPSA) is 76.5 Å². The van der Waals surface area contributed by atoms with Gasteiger partial charge < -0.3 is 9.84 Å². The van der Waals surface area contributed by atoms with E-state index in [9.17, 15) is 9.59 Å². The molecule has 0 unspecified atom stereocenters. The molecule has 1 N–H and O–H groups in total. The maximum Gasteiger partial charge on any atom is 0.337 e. The summed E-state index contributed by atoms with van der Waals surface area (Å²) in [5.74, 6) is -1.67. The van der Waals surface area contributed by atoms with Crippen molar-refractivity contribution in [2.45, 2.75) is 0 Å². The van der Waals surface area contributed by atoms with E-state index in [0.717, 1.165) is 12.3 Å². The Hall–Kier alpha value is -1.88. The molecular weight excluding hydrogens is 234 g/mol. The van der Waals surface area contributed by atoms with Gasteiger partial charge in [-0.25, -0.2) is 14.6 Å². The summed E-state index contributed by atoms with van der Waals surface area (Å²) in [7, 11) is 1.24. The second kappa shape index (κ2) is 5.27. The van der Waals surface area contributed by atoms with Crippen molar-refractivity contribution in [3.63, 3.8) is 0 Å². The third-order valence-corrected chi connectivity index (χ3v) is 2.03. The number of halogens is 1. The summed E-state index contributed by atoms with van der Waals surface area (Å²) in [6.45, 7) is 0. The lowest BCUT2D eigenvalue weighted by Gasteiger charge is -1.99. The van der Waals surface area contributed by atoms with Crippen LogP contribution < -0.4 is 0 Å². The van der Waals surface area contributed by atoms with E-state index in [0.29, 0.717) is 5.56 Å². The van der Waals surface area contributed by atoms with Gasteiger partial charge in [0, 0.05) is 17.8 Å². The van der Waals surface area contributed by atoms with Gasteiger partial charge >= 0.3 is 11.9 Å². The minimum atomic E-state index is -1.11. The molecule has 0 saturated carbocycles. The Morgan fingerprint density at radius 1 is 1.56 bits per heavy atom. The number of pyridine rings is 1. The highest BCUT2D eigenvalue weighted by molar-refractivity contribution is 6.31. The average molecular weight is 242 g/mol. The zero-order valence-corrected chi connectivity index (χ0v) is 9.06. The van der Waals surface area contributed by atoms with Crippen LogP contribution in [-0.2, 0) is 9.53 Å². The van der Waals surface area contributed by atoms with E-state index in [1.165, 1.54) is 19.3 Å². The lowest BCUT2D eigenvalue weighted by atomic mass is 10.2. The molecule has 84 valence electrons. The second-order valence-corrected chi connectivity index (χ2v) is 3.12. The maximum absolute atomic E-state index is 10.8. The summed E-state index contributed by atoms with van der Waals surface area (Å²) >= 11 is 5.72. The Labute approximate surface area is 96.3 Å². The fourth-order valence-electron chi connectivity index (χ4n) is 0.925. The predicted molar refractivity (Wildman–Crippen MR) is 57.3 cm³/mol. The van der Waals surface area contributed by atoms with Crippen LogP contribution in [0.25, 0.3) is 6.08 Å². The molecule has 0 saturated heterocycles. The number of carbonyl (C=O) groups is 2. The van der Waals surface area contributed by atoms with Crippen LogP contribution in [0.1, 0.15) is 15.9 Å². The van der Waals surface area contributed by atoms with Gasteiger partial charge in [0.05, 0.1) is 12.7 Å². The SMILES string of the molecule is COC(=O)C=Cc1cc(C(=O)O)cnc1Cl. The minimum absolute atomic E-state index is 0.00563. The molecule has 0 aliphatic heterocycles. The molecule has 0 aliphatic rings. The molecule has 0 spiro atoms. The number of methoxy groups -OCH3 is 1. The van der Waals surface area contributed by atoms with Gasteiger partial charge in [-0.3, -0.25) is 0 Å². The minimum Gasteiger partial charge on any atom is -0.478 e. The fourth-order valence-corrected chi connectivity index (χ4v) is 1.09. The van der Waals surface area contributed by atoms with Gasteiger partial charge in [-0.15, -0.1) is 0 Å². The number of esters is 1. The fraction of sp³-hybridized carbons (Fsp3) is 0.100. The highest BCUT2D eigenvalue weighted by atomic mass is 35.5. The van der Waals surface area contributed by atoms with Crippen molar-refractivity contribution in [2.24, 2.45) is 0 Å². The van der Waals surface area contributed by atoms with Crippen molar-refractivity contribution in [3.8, 4) is 0 Å². The van der Waals surface area contributed by atoms with E-state index in [2.05, 4.69) is 9.72 Å². The predicted octanol–water partition coefficient (Wildman–Crippen LogP) is 1.62. The van der Waals surface area contributed by atoms with Crippen LogP contribution in [0.4, 0.5) is 0 Å². The van der Waals surface area contributed by atoms with Crippen molar-refractivity contribution in [2.75, 3.05) is 7.11 Å². The van der Waals surface area contributed by atoms with Crippen LogP contribution in [0.2, 0.25) is 5.15 Å². The summed E-state index contributed by atoms with van der Waals surface area (Å²) in [4.78, 5) is 25.2. The number of ether oxygens (including phenoxy) is 1. The summed E-state index contributed by atoms with van der Waals surface area (Å²) in [6, 6.07) is 1.32. The molecule has 1 aromatic heterocycles. The average Bonchev–Trinajstić information content (AvgIpc) is 2.27. The van der Waals surface area contributed by atoms with Crippen molar-refractivity contribution in [3.05, 3.63) is 34.6 Å². The van der Waals surface area contributed by atoms with Crippen LogP contribution in [0.15, 0.2) is 18.3 Å². The first-order chi connectivity index (χ1) is 7.54. The number of hydrogen-bond acceptors (Lipinski definition) is 4. The lowest BCUT2D eigenvalue weighted by molar-refractivity contribution is -0.134. The Morgan fingerprint density at radius 3 is 2.81 bits per heavy atom. The molecule has 0 atom stereocenters. The van der Waals surface area contributed by atoms with Crippen molar-refractivity contribution < 1.29 is 19.4 Å². The number of hydrogen-bond donors (Lipinski definition) is 1. The molecule has 0 radical (unpaired) electrons. The van der Waals surface area contributed by atoms with Crippen LogP contribution in [0.3, 0.4) is 0 Å². The maximum atomic E-state index is 10.8. The summed E-state index contributed by atoms with van der Waals surface area (Å²) in [6.07, 6.45) is 3.61. The van der Waals surface area contributed by atoms with E-state index in [4.69, 9.17) is 16.7 Å². The Kier molecular flexibility index (Phi) is 4.02. The third-order valence-electron chi connectivity index (χ3n) is 1.71. The lowest BCUT2D eigenvalue weighted by Crippen LogP contribution is -1.98. The van der Waals surface area contributed by atoms with Gasteiger partial charge in [0.1, 0.15) is 5.15 Å². The number of aromatic nitrogens is 1. The van der Waals surface area contributed by atoms with Gasteiger partial charge in [0.15, 0.2) is 0 Å². The van der Waals surface area contributed by atoms with Crippen LogP contribution >= 0.6 is 11.6 Å². The van der Waals surface area contributed by atoms with Gasteiger partial charge in [-0.05, 0) is 12.1 Å². The summed E-state index contributed by atoms with van der Waals surface area (Å²) < 4.78 is 4.38. The Morgan fingerprint density at radius 2 is 2.25 bits per heavy atom. The van der Waals surface area contributed by atoms with Crippen LogP contribution in [0, 0.1) is 0 Å². The molecule has 1 aromatic rings. The first kappa shape index (κ1) is 12.2. The molecule has 1 heterocycles. The van der Waals surface area contributed by atoms with Gasteiger partial charge in [-0.1, -0.05) is 11.6 Å². The molecule has 0 fully saturated rings. The van der Waals surface area contributed by atoms with Gasteiger partial charge in [0.2, 0.25) is 0 Å². The van der Waals surface area contributed by atoms with Crippen LogP contribution in [0.5, 0.6) is 0 Å². The molecule has 16 heavy (non-hydrogen) atoms. The Bertz CT molecular complexity index is 456. The normalized spacial score (nSPS) is 10.4. The standard InChI is InChI=1S/C10H8ClNO4/c1-16-8(13)3-2-6-4-7(10(14)15)5-12-9(6)11/h2-5H,1H3,(H,14,15). The molecule has 5 nitrogen and oxygen atoms in total. The molecule has 0 amide bonds. The van der Waals surface area contributed by atoms with Crippen molar-refractivity contribution >= 4 is 29.6 Å². The molecular formula is C10H8ClNO4. The zero-order valence-electron chi connectivity index (χ0n) is 8.31. The molecule has 0 aliphatic carbocycles. The van der Waals surface area contributed by atoms with Crippen LogP contribution in [-0.4, -0.2) is 29.1 Å². The molecule has 1 rings (SSSR count). The first-order valence-corrected chi connectivity index (χ1v) is 4.57. The van der Waals surface area contributed by atoms with E-state index in [1.54, 1.807) is 0 Å². The van der Waals surface area contributed by atoms with Gasteiger partial charge in [-0.2, -0.15) is 0 Å². The largest absolute Gasteiger partial charge is 0.478 e.